The summed E-state index contributed by atoms with van der Waals surface area (Å²) in [5, 5.41) is 9.14. The van der Waals surface area contributed by atoms with Crippen molar-refractivity contribution in [2.24, 2.45) is 0 Å². The first-order valence-electron chi connectivity index (χ1n) is 11.4. The van der Waals surface area contributed by atoms with E-state index in [9.17, 15) is 4.79 Å². The molecule has 0 aromatic heterocycles. The van der Waals surface area contributed by atoms with Crippen molar-refractivity contribution in [3.8, 4) is 0 Å². The Morgan fingerprint density at radius 3 is 1.35 bits per heavy atom. The molecule has 0 rings (SSSR count). The molecule has 0 aliphatic heterocycles. The molecule has 3 nitrogen and oxygen atoms in total. The van der Waals surface area contributed by atoms with Crippen LogP contribution in [-0.2, 0) is 9.53 Å². The SMILES string of the molecule is CCCCCCCCCCCCCCCCCCOC(C)(CC)C(=O)O. The number of ether oxygens (including phenoxy) is 1. The fourth-order valence-corrected chi connectivity index (χ4v) is 3.26. The molecule has 0 radical (unpaired) electrons. The first-order chi connectivity index (χ1) is 12.6. The predicted octanol–water partition coefficient (Wildman–Crippen LogP) is 7.52. The second-order valence-corrected chi connectivity index (χ2v) is 8.04. The average Bonchev–Trinajstić information content (AvgIpc) is 2.63. The molecule has 0 saturated carbocycles. The zero-order valence-electron chi connectivity index (χ0n) is 18.0. The fraction of sp³-hybridized carbons (Fsp3) is 0.957. The maximum absolute atomic E-state index is 11.1. The summed E-state index contributed by atoms with van der Waals surface area (Å²) in [6, 6.07) is 0. The highest BCUT2D eigenvalue weighted by Gasteiger charge is 2.31. The molecular formula is C23H46O3. The zero-order chi connectivity index (χ0) is 19.5. The molecule has 1 atom stereocenters. The molecule has 156 valence electrons. The maximum atomic E-state index is 11.1. The molecule has 0 fully saturated rings. The highest BCUT2D eigenvalue weighted by atomic mass is 16.5. The van der Waals surface area contributed by atoms with Gasteiger partial charge in [-0.25, -0.2) is 4.79 Å². The van der Waals surface area contributed by atoms with Gasteiger partial charge in [-0.3, -0.25) is 0 Å². The van der Waals surface area contributed by atoms with Crippen molar-refractivity contribution in [1.82, 2.24) is 0 Å². The molecule has 1 N–H and O–H groups in total. The second kappa shape index (κ2) is 17.8. The summed E-state index contributed by atoms with van der Waals surface area (Å²) in [4.78, 5) is 11.1. The third-order valence-electron chi connectivity index (χ3n) is 5.55. The lowest BCUT2D eigenvalue weighted by Gasteiger charge is -2.23. The van der Waals surface area contributed by atoms with Gasteiger partial charge < -0.3 is 9.84 Å². The van der Waals surface area contributed by atoms with Gasteiger partial charge in [-0.05, 0) is 19.8 Å². The molecule has 26 heavy (non-hydrogen) atoms. The number of unbranched alkanes of at least 4 members (excludes halogenated alkanes) is 15. The molecule has 0 bridgehead atoms. The van der Waals surface area contributed by atoms with Crippen LogP contribution >= 0.6 is 0 Å². The van der Waals surface area contributed by atoms with Crippen molar-refractivity contribution >= 4 is 5.97 Å². The molecule has 0 spiro atoms. The number of rotatable bonds is 20. The average molecular weight is 371 g/mol. The third kappa shape index (κ3) is 14.6. The number of hydrogen-bond donors (Lipinski definition) is 1. The zero-order valence-corrected chi connectivity index (χ0v) is 18.0. The van der Waals surface area contributed by atoms with E-state index in [0.717, 1.165) is 12.8 Å². The minimum atomic E-state index is -1.00. The summed E-state index contributed by atoms with van der Waals surface area (Å²) in [7, 11) is 0. The van der Waals surface area contributed by atoms with Crippen LogP contribution in [0.4, 0.5) is 0 Å². The van der Waals surface area contributed by atoms with E-state index < -0.39 is 11.6 Å². The Bertz CT molecular complexity index is 317. The van der Waals surface area contributed by atoms with E-state index in [1.807, 2.05) is 6.92 Å². The highest BCUT2D eigenvalue weighted by molar-refractivity contribution is 5.76. The van der Waals surface area contributed by atoms with E-state index in [1.165, 1.54) is 89.9 Å². The van der Waals surface area contributed by atoms with Crippen LogP contribution in [0.2, 0.25) is 0 Å². The largest absolute Gasteiger partial charge is 0.479 e. The van der Waals surface area contributed by atoms with Crippen LogP contribution in [0, 0.1) is 0 Å². The van der Waals surface area contributed by atoms with Gasteiger partial charge in [0.2, 0.25) is 0 Å². The fourth-order valence-electron chi connectivity index (χ4n) is 3.26. The van der Waals surface area contributed by atoms with Crippen LogP contribution in [0.25, 0.3) is 0 Å². The molecule has 0 aliphatic carbocycles. The van der Waals surface area contributed by atoms with Crippen LogP contribution in [0.3, 0.4) is 0 Å². The normalized spacial score (nSPS) is 13.7. The smallest absolute Gasteiger partial charge is 0.335 e. The number of carboxylic acid groups (broad SMARTS) is 1. The van der Waals surface area contributed by atoms with E-state index in [0.29, 0.717) is 13.0 Å². The van der Waals surface area contributed by atoms with Gasteiger partial charge in [-0.1, -0.05) is 110 Å². The monoisotopic (exact) mass is 370 g/mol. The molecule has 0 amide bonds. The lowest BCUT2D eigenvalue weighted by atomic mass is 10.0. The first kappa shape index (κ1) is 25.4. The highest BCUT2D eigenvalue weighted by Crippen LogP contribution is 2.17. The topological polar surface area (TPSA) is 46.5 Å². The standard InChI is InChI=1S/C23H46O3/c1-4-6-7-8-9-10-11-12-13-14-15-16-17-18-19-20-21-26-23(3,5-2)22(24)25/h4-21H2,1-3H3,(H,24,25). The van der Waals surface area contributed by atoms with Gasteiger partial charge in [0.15, 0.2) is 5.60 Å². The van der Waals surface area contributed by atoms with Gasteiger partial charge in [-0.15, -0.1) is 0 Å². The Labute approximate surface area is 163 Å². The van der Waals surface area contributed by atoms with Crippen molar-refractivity contribution in [3.05, 3.63) is 0 Å². The maximum Gasteiger partial charge on any atom is 0.335 e. The minimum Gasteiger partial charge on any atom is -0.479 e. The van der Waals surface area contributed by atoms with Crippen molar-refractivity contribution in [1.29, 1.82) is 0 Å². The lowest BCUT2D eigenvalue weighted by molar-refractivity contribution is -0.164. The summed E-state index contributed by atoms with van der Waals surface area (Å²) < 4.78 is 5.56. The number of hydrogen-bond acceptors (Lipinski definition) is 2. The Balaban J connectivity index is 3.21. The number of aliphatic carboxylic acids is 1. The van der Waals surface area contributed by atoms with Crippen molar-refractivity contribution in [2.45, 2.75) is 136 Å². The molecular weight excluding hydrogens is 324 g/mol. The van der Waals surface area contributed by atoms with E-state index in [1.54, 1.807) is 6.92 Å². The van der Waals surface area contributed by atoms with Gasteiger partial charge in [0.05, 0.1) is 0 Å². The first-order valence-corrected chi connectivity index (χ1v) is 11.4. The molecule has 0 saturated heterocycles. The van der Waals surface area contributed by atoms with Gasteiger partial charge in [0.25, 0.3) is 0 Å². The van der Waals surface area contributed by atoms with Crippen molar-refractivity contribution in [2.75, 3.05) is 6.61 Å². The van der Waals surface area contributed by atoms with E-state index in [2.05, 4.69) is 6.92 Å². The van der Waals surface area contributed by atoms with Crippen molar-refractivity contribution in [3.63, 3.8) is 0 Å². The van der Waals surface area contributed by atoms with E-state index in [-0.39, 0.29) is 0 Å². The summed E-state index contributed by atoms with van der Waals surface area (Å²) in [5.41, 5.74) is -1.00. The summed E-state index contributed by atoms with van der Waals surface area (Å²) in [5.74, 6) is -0.850. The van der Waals surface area contributed by atoms with Crippen LogP contribution in [0.1, 0.15) is 130 Å². The van der Waals surface area contributed by atoms with Gasteiger partial charge in [-0.2, -0.15) is 0 Å². The molecule has 0 aliphatic rings. The molecule has 1 unspecified atom stereocenters. The molecule has 0 aromatic rings. The van der Waals surface area contributed by atoms with Gasteiger partial charge in [0, 0.05) is 6.61 Å². The quantitative estimate of drug-likeness (QED) is 0.225. The molecule has 3 heteroatoms. The Hall–Kier alpha value is -0.570. The van der Waals surface area contributed by atoms with Crippen LogP contribution < -0.4 is 0 Å². The Morgan fingerprint density at radius 2 is 1.04 bits per heavy atom. The van der Waals surface area contributed by atoms with Crippen LogP contribution in [0.15, 0.2) is 0 Å². The summed E-state index contributed by atoms with van der Waals surface area (Å²) in [6.07, 6.45) is 22.1. The van der Waals surface area contributed by atoms with Crippen LogP contribution in [-0.4, -0.2) is 23.3 Å². The Kier molecular flexibility index (Phi) is 17.4. The van der Waals surface area contributed by atoms with E-state index in [4.69, 9.17) is 9.84 Å². The minimum absolute atomic E-state index is 0.515. The lowest BCUT2D eigenvalue weighted by Crippen LogP contribution is -2.37. The van der Waals surface area contributed by atoms with Crippen molar-refractivity contribution < 1.29 is 14.6 Å². The third-order valence-corrected chi connectivity index (χ3v) is 5.55. The number of carboxylic acids is 1. The van der Waals surface area contributed by atoms with Crippen LogP contribution in [0.5, 0.6) is 0 Å². The summed E-state index contributed by atoms with van der Waals surface area (Å²) in [6.45, 7) is 6.37. The number of carbonyl (C=O) groups is 1. The molecule has 0 heterocycles. The Morgan fingerprint density at radius 1 is 0.692 bits per heavy atom. The summed E-state index contributed by atoms with van der Waals surface area (Å²) >= 11 is 0. The van der Waals surface area contributed by atoms with Gasteiger partial charge in [0.1, 0.15) is 0 Å². The molecule has 0 aromatic carbocycles. The second-order valence-electron chi connectivity index (χ2n) is 8.04. The van der Waals surface area contributed by atoms with Gasteiger partial charge >= 0.3 is 5.97 Å². The van der Waals surface area contributed by atoms with E-state index >= 15 is 0 Å². The predicted molar refractivity (Wildman–Crippen MR) is 112 cm³/mol.